The zero-order chi connectivity index (χ0) is 19.6. The maximum absolute atomic E-state index is 11.1. The van der Waals surface area contributed by atoms with E-state index >= 15 is 0 Å². The van der Waals surface area contributed by atoms with E-state index in [1.54, 1.807) is 12.1 Å². The number of halogens is 1. The van der Waals surface area contributed by atoms with E-state index in [0.29, 0.717) is 18.2 Å². The zero-order valence-electron chi connectivity index (χ0n) is 16.8. The molecule has 0 aliphatic heterocycles. The summed E-state index contributed by atoms with van der Waals surface area (Å²) in [6, 6.07) is 12.1. The molecule has 0 radical (unpaired) electrons. The molecule has 28 heavy (non-hydrogen) atoms. The second-order valence-corrected chi connectivity index (χ2v) is 6.75. The molecule has 4 N–H and O–H groups in total. The Labute approximate surface area is 184 Å². The van der Waals surface area contributed by atoms with Crippen LogP contribution < -0.4 is 16.4 Å². The Bertz CT molecular complexity index is 754. The van der Waals surface area contributed by atoms with Crippen LogP contribution in [-0.4, -0.2) is 25.0 Å². The Morgan fingerprint density at radius 2 is 1.86 bits per heavy atom. The van der Waals surface area contributed by atoms with Gasteiger partial charge in [-0.05, 0) is 48.9 Å². The largest absolute Gasteiger partial charge is 0.454 e. The maximum atomic E-state index is 11.1. The highest BCUT2D eigenvalue weighted by Gasteiger charge is 2.07. The molecular weight excluding hydrogens is 467 g/mol. The van der Waals surface area contributed by atoms with E-state index in [1.807, 2.05) is 6.92 Å². The normalized spacial score (nSPS) is 11.2. The first-order valence-corrected chi connectivity index (χ1v) is 9.49. The summed E-state index contributed by atoms with van der Waals surface area (Å²) in [5, 5.41) is 6.53. The minimum Gasteiger partial charge on any atom is -0.454 e. The van der Waals surface area contributed by atoms with Gasteiger partial charge in [0.05, 0.1) is 0 Å². The SMILES string of the molecule is CCNC(=NCc1ccc(C(N)=O)o1)NCCCc1ccc(C(C)C)cc1.I. The summed E-state index contributed by atoms with van der Waals surface area (Å²) in [6.07, 6.45) is 2.03. The van der Waals surface area contributed by atoms with Crippen molar-refractivity contribution in [1.29, 1.82) is 0 Å². The van der Waals surface area contributed by atoms with Crippen molar-refractivity contribution in [2.24, 2.45) is 10.7 Å². The summed E-state index contributed by atoms with van der Waals surface area (Å²) in [5.41, 5.74) is 7.91. The molecule has 0 aliphatic rings. The third-order valence-electron chi connectivity index (χ3n) is 4.22. The van der Waals surface area contributed by atoms with Gasteiger partial charge < -0.3 is 20.8 Å². The molecule has 0 fully saturated rings. The highest BCUT2D eigenvalue weighted by atomic mass is 127. The summed E-state index contributed by atoms with van der Waals surface area (Å²) in [6.45, 7) is 8.37. The zero-order valence-corrected chi connectivity index (χ0v) is 19.2. The van der Waals surface area contributed by atoms with Crippen LogP contribution in [0.4, 0.5) is 0 Å². The molecule has 2 aromatic rings. The molecule has 6 nitrogen and oxygen atoms in total. The number of carbonyl (C=O) groups excluding carboxylic acids is 1. The van der Waals surface area contributed by atoms with E-state index in [1.165, 1.54) is 11.1 Å². The van der Waals surface area contributed by atoms with Gasteiger partial charge in [0.2, 0.25) is 0 Å². The lowest BCUT2D eigenvalue weighted by Crippen LogP contribution is -2.37. The second-order valence-electron chi connectivity index (χ2n) is 6.75. The smallest absolute Gasteiger partial charge is 0.284 e. The number of amides is 1. The third kappa shape index (κ3) is 7.92. The molecule has 0 atom stereocenters. The quantitative estimate of drug-likeness (QED) is 0.212. The number of carbonyl (C=O) groups is 1. The molecular formula is C21H31IN4O2. The lowest BCUT2D eigenvalue weighted by molar-refractivity contribution is 0.0972. The number of hydrogen-bond acceptors (Lipinski definition) is 3. The van der Waals surface area contributed by atoms with Crippen LogP contribution in [0.25, 0.3) is 0 Å². The number of rotatable bonds is 9. The number of nitrogens with zero attached hydrogens (tertiary/aromatic N) is 1. The number of aliphatic imine (C=N–C) groups is 1. The van der Waals surface area contributed by atoms with E-state index in [0.717, 1.165) is 31.9 Å². The summed E-state index contributed by atoms with van der Waals surface area (Å²) in [7, 11) is 0. The molecule has 154 valence electrons. The predicted octanol–water partition coefficient (Wildman–Crippen LogP) is 3.81. The first-order chi connectivity index (χ1) is 13.0. The van der Waals surface area contributed by atoms with E-state index in [4.69, 9.17) is 10.2 Å². The molecule has 0 saturated heterocycles. The molecule has 2 rings (SSSR count). The van der Waals surface area contributed by atoms with Crippen molar-refractivity contribution in [1.82, 2.24) is 10.6 Å². The lowest BCUT2D eigenvalue weighted by Gasteiger charge is -2.11. The van der Waals surface area contributed by atoms with Crippen LogP contribution in [0, 0.1) is 0 Å². The Kier molecular flexibility index (Phi) is 10.7. The number of guanidine groups is 1. The van der Waals surface area contributed by atoms with Crippen molar-refractivity contribution >= 4 is 35.8 Å². The van der Waals surface area contributed by atoms with Crippen LogP contribution in [-0.2, 0) is 13.0 Å². The van der Waals surface area contributed by atoms with E-state index < -0.39 is 5.91 Å². The van der Waals surface area contributed by atoms with Crippen LogP contribution in [0.15, 0.2) is 45.8 Å². The van der Waals surface area contributed by atoms with Crippen LogP contribution >= 0.6 is 24.0 Å². The number of primary amides is 1. The predicted molar refractivity (Wildman–Crippen MR) is 124 cm³/mol. The van der Waals surface area contributed by atoms with Gasteiger partial charge in [0.15, 0.2) is 11.7 Å². The van der Waals surface area contributed by atoms with Crippen molar-refractivity contribution in [3.8, 4) is 0 Å². The molecule has 0 spiro atoms. The Balaban J connectivity index is 0.00000392. The lowest BCUT2D eigenvalue weighted by atomic mass is 10.0. The number of hydrogen-bond donors (Lipinski definition) is 3. The topological polar surface area (TPSA) is 92.6 Å². The molecule has 0 saturated carbocycles. The molecule has 0 aliphatic carbocycles. The standard InChI is InChI=1S/C21H30N4O2.HI/c1-4-23-21(25-14-18-11-12-19(27-18)20(22)26)24-13-5-6-16-7-9-17(10-8-16)15(2)3;/h7-12,15H,4-6,13-14H2,1-3H3,(H2,22,26)(H2,23,24,25);1H. The van der Waals surface area contributed by atoms with Gasteiger partial charge in [-0.15, -0.1) is 24.0 Å². The van der Waals surface area contributed by atoms with Gasteiger partial charge in [0.25, 0.3) is 5.91 Å². The maximum Gasteiger partial charge on any atom is 0.284 e. The minimum absolute atomic E-state index is 0. The van der Waals surface area contributed by atoms with Crippen molar-refractivity contribution in [3.63, 3.8) is 0 Å². The molecule has 0 unspecified atom stereocenters. The average molecular weight is 498 g/mol. The van der Waals surface area contributed by atoms with Gasteiger partial charge in [-0.25, -0.2) is 4.99 Å². The van der Waals surface area contributed by atoms with E-state index in [2.05, 4.69) is 53.7 Å². The molecule has 1 amide bonds. The molecule has 1 aromatic carbocycles. The Hall–Kier alpha value is -2.03. The van der Waals surface area contributed by atoms with E-state index in [9.17, 15) is 4.79 Å². The van der Waals surface area contributed by atoms with Crippen LogP contribution in [0.1, 0.15) is 60.6 Å². The molecule has 0 bridgehead atoms. The average Bonchev–Trinajstić information content (AvgIpc) is 3.13. The van der Waals surface area contributed by atoms with Crippen molar-refractivity contribution in [2.75, 3.05) is 13.1 Å². The first-order valence-electron chi connectivity index (χ1n) is 9.49. The molecule has 1 aromatic heterocycles. The van der Waals surface area contributed by atoms with Crippen LogP contribution in [0.2, 0.25) is 0 Å². The summed E-state index contributed by atoms with van der Waals surface area (Å²) < 4.78 is 5.35. The summed E-state index contributed by atoms with van der Waals surface area (Å²) in [4.78, 5) is 15.5. The highest BCUT2D eigenvalue weighted by Crippen LogP contribution is 2.15. The number of furan rings is 1. The van der Waals surface area contributed by atoms with Crippen molar-refractivity contribution in [2.45, 2.75) is 46.1 Å². The minimum atomic E-state index is -0.573. The van der Waals surface area contributed by atoms with Gasteiger partial charge >= 0.3 is 0 Å². The Morgan fingerprint density at radius 3 is 2.43 bits per heavy atom. The number of aryl methyl sites for hydroxylation is 1. The van der Waals surface area contributed by atoms with Crippen molar-refractivity contribution in [3.05, 3.63) is 59.0 Å². The van der Waals surface area contributed by atoms with E-state index in [-0.39, 0.29) is 29.7 Å². The van der Waals surface area contributed by atoms with Gasteiger partial charge in [-0.2, -0.15) is 0 Å². The van der Waals surface area contributed by atoms with Gasteiger partial charge in [0.1, 0.15) is 12.3 Å². The third-order valence-corrected chi connectivity index (χ3v) is 4.22. The van der Waals surface area contributed by atoms with Crippen LogP contribution in [0.3, 0.4) is 0 Å². The van der Waals surface area contributed by atoms with Gasteiger partial charge in [0, 0.05) is 13.1 Å². The fraction of sp³-hybridized carbons (Fsp3) is 0.429. The summed E-state index contributed by atoms with van der Waals surface area (Å²) >= 11 is 0. The second kappa shape index (κ2) is 12.4. The number of nitrogens with two attached hydrogens (primary N) is 1. The highest BCUT2D eigenvalue weighted by molar-refractivity contribution is 14.0. The van der Waals surface area contributed by atoms with Crippen molar-refractivity contribution < 1.29 is 9.21 Å². The summed E-state index contributed by atoms with van der Waals surface area (Å²) in [5.74, 6) is 1.47. The fourth-order valence-corrected chi connectivity index (χ4v) is 2.66. The van der Waals surface area contributed by atoms with Crippen LogP contribution in [0.5, 0.6) is 0 Å². The first kappa shape index (κ1) is 24.0. The van der Waals surface area contributed by atoms with Gasteiger partial charge in [-0.3, -0.25) is 4.79 Å². The van der Waals surface area contributed by atoms with Gasteiger partial charge in [-0.1, -0.05) is 38.1 Å². The molecule has 1 heterocycles. The number of benzene rings is 1. The number of nitrogens with one attached hydrogen (secondary N) is 2. The Morgan fingerprint density at radius 1 is 1.14 bits per heavy atom. The fourth-order valence-electron chi connectivity index (χ4n) is 2.66. The molecule has 7 heteroatoms. The monoisotopic (exact) mass is 498 g/mol.